The molecular formula is C18H20N2O8S2. The van der Waals surface area contributed by atoms with Gasteiger partial charge in [-0.2, -0.15) is 0 Å². The number of fused-ring (bicyclic) bond motifs is 3. The molecule has 0 radical (unpaired) electrons. The van der Waals surface area contributed by atoms with Crippen molar-refractivity contribution in [3.05, 3.63) is 0 Å². The molecule has 1 spiro atoms. The van der Waals surface area contributed by atoms with Gasteiger partial charge in [-0.3, -0.25) is 19.2 Å². The SMILES string of the molecule is O.O=C1C[C@H]2S[C@@]34C[C@@H]1[C@@H]([C@H]2O)N3C(=O)[C@@]12C[C@H]3C(=O)[C@@H](S1)[C@H](O)[C@H](O)[C@H]3N2C4=O. The molecule has 10 nitrogen and oxygen atoms in total. The summed E-state index contributed by atoms with van der Waals surface area (Å²) in [4.78, 5) is 53.5. The highest BCUT2D eigenvalue weighted by molar-refractivity contribution is 8.03. The van der Waals surface area contributed by atoms with Crippen molar-refractivity contribution in [2.75, 3.05) is 0 Å². The summed E-state index contributed by atoms with van der Waals surface area (Å²) < 4.78 is 0. The largest absolute Gasteiger partial charge is 0.412 e. The zero-order chi connectivity index (χ0) is 20.2. The number of hydrogen-bond donors (Lipinski definition) is 3. The lowest BCUT2D eigenvalue weighted by Gasteiger charge is -2.58. The van der Waals surface area contributed by atoms with Crippen LogP contribution in [0.15, 0.2) is 0 Å². The first-order valence-corrected chi connectivity index (χ1v) is 11.6. The summed E-state index contributed by atoms with van der Waals surface area (Å²) in [5, 5.41) is 30.6. The van der Waals surface area contributed by atoms with Crippen LogP contribution >= 0.6 is 23.5 Å². The molecule has 7 fully saturated rings. The van der Waals surface area contributed by atoms with Crippen molar-refractivity contribution in [1.82, 2.24) is 9.80 Å². The second-order valence-corrected chi connectivity index (χ2v) is 12.2. The molecular weight excluding hydrogens is 436 g/mol. The molecule has 0 aromatic carbocycles. The number of piperazine rings is 1. The number of thioether (sulfide) groups is 2. The molecule has 0 aromatic heterocycles. The van der Waals surface area contributed by atoms with E-state index >= 15 is 0 Å². The monoisotopic (exact) mass is 456 g/mol. The first-order valence-electron chi connectivity index (χ1n) is 9.87. The van der Waals surface area contributed by atoms with E-state index in [0.717, 1.165) is 11.8 Å². The van der Waals surface area contributed by atoms with E-state index < -0.39 is 62.5 Å². The summed E-state index contributed by atoms with van der Waals surface area (Å²) in [6.45, 7) is 0. The standard InChI is InChI=1S/C18H18N2O7S2.H2O/c21-6-1-7-11(23)8-4(6)2-17(28-7)15(26)20-9-5-3-18(20,16(27)19(8)17)29-14(10(5)22)13(25)12(9)24;/h4-5,7-9,11-14,23-25H,1-3H2;1H2/t4-,5+,7+,8-,9-,11-,12+,13+,14+,17+,18+;/m0./s1. The number of aliphatic hydroxyl groups excluding tert-OH is 3. The summed E-state index contributed by atoms with van der Waals surface area (Å²) in [5.74, 6) is -2.24. The Morgan fingerprint density at radius 3 is 2.03 bits per heavy atom. The van der Waals surface area contributed by atoms with Gasteiger partial charge in [-0.05, 0) is 0 Å². The number of Topliss-reactive ketones (excluding diaryl/α,β-unsaturated/α-hetero) is 2. The van der Waals surface area contributed by atoms with Gasteiger partial charge in [0.2, 0.25) is 0 Å². The van der Waals surface area contributed by atoms with Crippen LogP contribution in [-0.2, 0) is 19.2 Å². The molecule has 7 rings (SSSR count). The van der Waals surface area contributed by atoms with Gasteiger partial charge in [0.15, 0.2) is 15.5 Å². The molecule has 5 saturated heterocycles. The van der Waals surface area contributed by atoms with E-state index in [4.69, 9.17) is 0 Å². The van der Waals surface area contributed by atoms with E-state index in [1.54, 1.807) is 0 Å². The van der Waals surface area contributed by atoms with E-state index in [1.807, 2.05) is 0 Å². The number of carbonyl (C=O) groups excluding carboxylic acids is 4. The minimum Gasteiger partial charge on any atom is -0.412 e. The molecule has 162 valence electrons. The minimum absolute atomic E-state index is 0. The average molecular weight is 456 g/mol. The highest BCUT2D eigenvalue weighted by atomic mass is 32.2. The molecule has 30 heavy (non-hydrogen) atoms. The Bertz CT molecular complexity index is 947. The number of ketones is 2. The van der Waals surface area contributed by atoms with E-state index in [-0.39, 0.29) is 48.1 Å². The summed E-state index contributed by atoms with van der Waals surface area (Å²) >= 11 is 2.15. The number of aliphatic hydroxyl groups is 3. The smallest absolute Gasteiger partial charge is 0.261 e. The lowest BCUT2D eigenvalue weighted by molar-refractivity contribution is -0.173. The summed E-state index contributed by atoms with van der Waals surface area (Å²) in [6.07, 6.45) is -3.07. The first kappa shape index (κ1) is 19.5. The van der Waals surface area contributed by atoms with Gasteiger partial charge in [0.1, 0.15) is 18.0 Å². The topological polar surface area (TPSA) is 167 Å². The average Bonchev–Trinajstić information content (AvgIpc) is 3.06. The zero-order valence-electron chi connectivity index (χ0n) is 15.5. The Labute approximate surface area is 178 Å². The van der Waals surface area contributed by atoms with Crippen molar-refractivity contribution < 1.29 is 40.0 Å². The van der Waals surface area contributed by atoms with Crippen LogP contribution < -0.4 is 0 Å². The molecule has 2 amide bonds. The third-order valence-electron chi connectivity index (χ3n) is 8.17. The quantitative estimate of drug-likeness (QED) is 0.341. The van der Waals surface area contributed by atoms with Gasteiger partial charge in [0, 0.05) is 36.3 Å². The Balaban J connectivity index is 0.00000175. The predicted octanol–water partition coefficient (Wildman–Crippen LogP) is -3.13. The Kier molecular flexibility index (Phi) is 3.52. The van der Waals surface area contributed by atoms with E-state index in [9.17, 15) is 34.5 Å². The molecule has 5 aliphatic heterocycles. The van der Waals surface area contributed by atoms with Crippen LogP contribution in [0.25, 0.3) is 0 Å². The van der Waals surface area contributed by atoms with Crippen LogP contribution in [0, 0.1) is 11.8 Å². The molecule has 0 unspecified atom stereocenters. The van der Waals surface area contributed by atoms with E-state index in [1.165, 1.54) is 21.6 Å². The maximum Gasteiger partial charge on any atom is 0.261 e. The summed E-state index contributed by atoms with van der Waals surface area (Å²) in [5.41, 5.74) is 0. The van der Waals surface area contributed by atoms with Gasteiger partial charge in [-0.25, -0.2) is 0 Å². The van der Waals surface area contributed by atoms with Gasteiger partial charge in [0.05, 0.1) is 23.4 Å². The maximum absolute atomic E-state index is 14.0. The molecule has 7 aliphatic rings. The number of hydrogen-bond acceptors (Lipinski definition) is 9. The lowest BCUT2D eigenvalue weighted by Crippen LogP contribution is -2.77. The van der Waals surface area contributed by atoms with Crippen molar-refractivity contribution in [3.63, 3.8) is 0 Å². The summed E-state index contributed by atoms with van der Waals surface area (Å²) in [6, 6.07) is -1.66. The highest BCUT2D eigenvalue weighted by Crippen LogP contribution is 2.67. The van der Waals surface area contributed by atoms with E-state index in [0.29, 0.717) is 0 Å². The molecule has 5 heterocycles. The zero-order valence-corrected chi connectivity index (χ0v) is 17.1. The first-order chi connectivity index (χ1) is 13.7. The van der Waals surface area contributed by atoms with Crippen molar-refractivity contribution >= 4 is 46.9 Å². The fourth-order valence-corrected chi connectivity index (χ4v) is 10.7. The Morgan fingerprint density at radius 2 is 1.37 bits per heavy atom. The van der Waals surface area contributed by atoms with Crippen molar-refractivity contribution in [3.8, 4) is 0 Å². The maximum atomic E-state index is 14.0. The molecule has 0 aromatic rings. The van der Waals surface area contributed by atoms with Gasteiger partial charge >= 0.3 is 0 Å². The molecule has 2 saturated carbocycles. The van der Waals surface area contributed by atoms with Crippen LogP contribution in [0.4, 0.5) is 0 Å². The Morgan fingerprint density at radius 1 is 0.800 bits per heavy atom. The fraction of sp³-hybridized carbons (Fsp3) is 0.778. The predicted molar refractivity (Wildman–Crippen MR) is 102 cm³/mol. The van der Waals surface area contributed by atoms with Crippen LogP contribution in [0.5, 0.6) is 0 Å². The van der Waals surface area contributed by atoms with Crippen LogP contribution in [0.1, 0.15) is 19.3 Å². The van der Waals surface area contributed by atoms with Gasteiger partial charge in [0.25, 0.3) is 11.8 Å². The molecule has 5 N–H and O–H groups in total. The number of carbonyl (C=O) groups is 4. The number of rotatable bonds is 0. The third-order valence-corrected chi connectivity index (χ3v) is 11.5. The van der Waals surface area contributed by atoms with Gasteiger partial charge in [-0.1, -0.05) is 0 Å². The second kappa shape index (κ2) is 5.41. The Hall–Kier alpha value is -1.18. The molecule has 2 aliphatic carbocycles. The second-order valence-electron chi connectivity index (χ2n) is 9.26. The van der Waals surface area contributed by atoms with Gasteiger partial charge in [-0.15, -0.1) is 23.5 Å². The van der Waals surface area contributed by atoms with Crippen molar-refractivity contribution in [2.24, 2.45) is 11.8 Å². The number of nitrogens with zero attached hydrogens (tertiary/aromatic N) is 2. The third kappa shape index (κ3) is 1.69. The van der Waals surface area contributed by atoms with E-state index in [2.05, 4.69) is 0 Å². The van der Waals surface area contributed by atoms with Crippen LogP contribution in [0.3, 0.4) is 0 Å². The fourth-order valence-electron chi connectivity index (χ4n) is 7.05. The minimum atomic E-state index is -1.37. The van der Waals surface area contributed by atoms with Gasteiger partial charge < -0.3 is 30.6 Å². The molecule has 12 heteroatoms. The normalized spacial score (nSPS) is 57.0. The number of amides is 2. The highest BCUT2D eigenvalue weighted by Gasteiger charge is 2.81. The molecule has 6 bridgehead atoms. The van der Waals surface area contributed by atoms with Crippen LogP contribution in [0.2, 0.25) is 0 Å². The summed E-state index contributed by atoms with van der Waals surface area (Å²) in [7, 11) is 0. The molecule has 11 atom stereocenters. The van der Waals surface area contributed by atoms with Crippen molar-refractivity contribution in [2.45, 2.75) is 69.9 Å². The van der Waals surface area contributed by atoms with Crippen molar-refractivity contribution in [1.29, 1.82) is 0 Å². The lowest BCUT2D eigenvalue weighted by atomic mass is 9.79. The van der Waals surface area contributed by atoms with Crippen LogP contribution in [-0.4, -0.2) is 105 Å².